The molecule has 3 rings (SSSR count). The fraction of sp³-hybridized carbons (Fsp3) is 0. The van der Waals surface area contributed by atoms with Crippen molar-refractivity contribution in [3.63, 3.8) is 0 Å². The molecular formula is C20H15Cl2N. The van der Waals surface area contributed by atoms with E-state index < -0.39 is 0 Å². The number of rotatable bonds is 4. The predicted molar refractivity (Wildman–Crippen MR) is 102 cm³/mol. The van der Waals surface area contributed by atoms with Gasteiger partial charge in [0, 0.05) is 27.0 Å². The number of halogens is 2. The quantitative estimate of drug-likeness (QED) is 0.537. The Morgan fingerprint density at radius 2 is 1.39 bits per heavy atom. The predicted octanol–water partition coefficient (Wildman–Crippen LogP) is 7.05. The van der Waals surface area contributed by atoms with E-state index in [1.54, 1.807) is 0 Å². The van der Waals surface area contributed by atoms with Crippen molar-refractivity contribution in [2.75, 3.05) is 5.32 Å². The maximum absolute atomic E-state index is 6.01. The van der Waals surface area contributed by atoms with Crippen LogP contribution in [0, 0.1) is 0 Å². The molecule has 0 aliphatic heterocycles. The fourth-order valence-electron chi connectivity index (χ4n) is 2.47. The molecule has 0 radical (unpaired) electrons. The lowest BCUT2D eigenvalue weighted by atomic mass is 9.97. The molecule has 0 aromatic heterocycles. The van der Waals surface area contributed by atoms with E-state index in [2.05, 4.69) is 11.9 Å². The Hall–Kier alpha value is -2.22. The second-order valence-corrected chi connectivity index (χ2v) is 5.99. The van der Waals surface area contributed by atoms with Gasteiger partial charge >= 0.3 is 0 Å². The average Bonchev–Trinajstić information content (AvgIpc) is 2.58. The highest BCUT2D eigenvalue weighted by Crippen LogP contribution is 2.35. The molecule has 0 amide bonds. The van der Waals surface area contributed by atoms with Crippen LogP contribution >= 0.6 is 23.2 Å². The van der Waals surface area contributed by atoms with Crippen molar-refractivity contribution in [3.05, 3.63) is 88.9 Å². The zero-order chi connectivity index (χ0) is 16.2. The first-order chi connectivity index (χ1) is 11.2. The zero-order valence-electron chi connectivity index (χ0n) is 12.4. The summed E-state index contributed by atoms with van der Waals surface area (Å²) in [6, 6.07) is 21.5. The van der Waals surface area contributed by atoms with Gasteiger partial charge in [0.2, 0.25) is 0 Å². The minimum Gasteiger partial charge on any atom is -0.355 e. The Bertz CT molecular complexity index is 821. The largest absolute Gasteiger partial charge is 0.355 e. The van der Waals surface area contributed by atoms with Crippen molar-refractivity contribution in [2.24, 2.45) is 0 Å². The molecule has 23 heavy (non-hydrogen) atoms. The first-order valence-corrected chi connectivity index (χ1v) is 7.97. The van der Waals surface area contributed by atoms with Gasteiger partial charge in [-0.15, -0.1) is 0 Å². The Balaban J connectivity index is 2.07. The van der Waals surface area contributed by atoms with Crippen LogP contribution in [0.1, 0.15) is 5.56 Å². The van der Waals surface area contributed by atoms with E-state index >= 15 is 0 Å². The van der Waals surface area contributed by atoms with Gasteiger partial charge in [-0.05, 0) is 53.6 Å². The molecule has 3 aromatic rings. The maximum atomic E-state index is 6.01. The summed E-state index contributed by atoms with van der Waals surface area (Å²) in [5, 5.41) is 4.88. The number of hydrogen-bond acceptors (Lipinski definition) is 1. The highest BCUT2D eigenvalue weighted by atomic mass is 35.5. The summed E-state index contributed by atoms with van der Waals surface area (Å²) < 4.78 is 0. The molecule has 1 N–H and O–H groups in total. The van der Waals surface area contributed by atoms with Crippen LogP contribution in [-0.4, -0.2) is 0 Å². The Kier molecular flexibility index (Phi) is 4.71. The summed E-state index contributed by atoms with van der Waals surface area (Å²) in [6.45, 7) is 3.92. The molecule has 0 saturated heterocycles. The molecule has 3 heteroatoms. The molecule has 0 bridgehead atoms. The molecule has 0 unspecified atom stereocenters. The summed E-state index contributed by atoms with van der Waals surface area (Å²) in [5.74, 6) is 0. The lowest BCUT2D eigenvalue weighted by Gasteiger charge is -2.15. The number of anilines is 2. The van der Waals surface area contributed by atoms with Crippen LogP contribution in [-0.2, 0) is 0 Å². The van der Waals surface area contributed by atoms with Crippen molar-refractivity contribution in [1.82, 2.24) is 0 Å². The zero-order valence-corrected chi connectivity index (χ0v) is 13.9. The van der Waals surface area contributed by atoms with E-state index in [0.29, 0.717) is 5.02 Å². The lowest BCUT2D eigenvalue weighted by molar-refractivity contribution is 1.52. The standard InChI is InChI=1S/C20H15Cl2N/c1-2-14-4-3-5-19(23-18-12-10-17(22)11-13-18)20(14)15-6-8-16(21)9-7-15/h2-13,23H,1H2. The van der Waals surface area contributed by atoms with E-state index in [-0.39, 0.29) is 0 Å². The number of nitrogens with one attached hydrogen (secondary N) is 1. The molecule has 0 aliphatic carbocycles. The number of hydrogen-bond donors (Lipinski definition) is 1. The van der Waals surface area contributed by atoms with E-state index in [1.165, 1.54) is 0 Å². The molecule has 114 valence electrons. The summed E-state index contributed by atoms with van der Waals surface area (Å²) in [4.78, 5) is 0. The average molecular weight is 340 g/mol. The maximum Gasteiger partial charge on any atom is 0.0469 e. The van der Waals surface area contributed by atoms with Crippen LogP contribution < -0.4 is 5.32 Å². The molecule has 0 aliphatic rings. The minimum atomic E-state index is 0.716. The van der Waals surface area contributed by atoms with Crippen molar-refractivity contribution in [1.29, 1.82) is 0 Å². The molecule has 1 nitrogen and oxygen atoms in total. The Labute approximate surface area is 146 Å². The lowest BCUT2D eigenvalue weighted by Crippen LogP contribution is -1.95. The van der Waals surface area contributed by atoms with E-state index in [4.69, 9.17) is 23.2 Å². The first kappa shape index (κ1) is 15.7. The molecule has 0 atom stereocenters. The highest BCUT2D eigenvalue weighted by molar-refractivity contribution is 6.31. The van der Waals surface area contributed by atoms with E-state index in [0.717, 1.165) is 33.1 Å². The monoisotopic (exact) mass is 339 g/mol. The molecule has 0 spiro atoms. The highest BCUT2D eigenvalue weighted by Gasteiger charge is 2.09. The summed E-state index contributed by atoms with van der Waals surface area (Å²) in [7, 11) is 0. The summed E-state index contributed by atoms with van der Waals surface area (Å²) >= 11 is 12.0. The van der Waals surface area contributed by atoms with Crippen molar-refractivity contribution < 1.29 is 0 Å². The van der Waals surface area contributed by atoms with Crippen LogP contribution in [0.2, 0.25) is 10.0 Å². The van der Waals surface area contributed by atoms with Crippen LogP contribution in [0.3, 0.4) is 0 Å². The second kappa shape index (κ2) is 6.91. The molecule has 0 fully saturated rings. The molecule has 0 heterocycles. The minimum absolute atomic E-state index is 0.716. The van der Waals surface area contributed by atoms with Gasteiger partial charge in [0.1, 0.15) is 0 Å². The SMILES string of the molecule is C=Cc1cccc(Nc2ccc(Cl)cc2)c1-c1ccc(Cl)cc1. The topological polar surface area (TPSA) is 12.0 Å². The van der Waals surface area contributed by atoms with E-state index in [9.17, 15) is 0 Å². The molecule has 0 saturated carbocycles. The van der Waals surface area contributed by atoms with Gasteiger partial charge in [0.05, 0.1) is 0 Å². The molecule has 3 aromatic carbocycles. The number of benzene rings is 3. The smallest absolute Gasteiger partial charge is 0.0469 e. The third kappa shape index (κ3) is 3.58. The van der Waals surface area contributed by atoms with Crippen molar-refractivity contribution in [2.45, 2.75) is 0 Å². The van der Waals surface area contributed by atoms with Crippen molar-refractivity contribution in [3.8, 4) is 11.1 Å². The van der Waals surface area contributed by atoms with Crippen LogP contribution in [0.25, 0.3) is 17.2 Å². The Morgan fingerprint density at radius 1 is 0.783 bits per heavy atom. The van der Waals surface area contributed by atoms with Gasteiger partial charge in [0.15, 0.2) is 0 Å². The summed E-state index contributed by atoms with van der Waals surface area (Å²) in [6.07, 6.45) is 1.86. The van der Waals surface area contributed by atoms with Crippen molar-refractivity contribution >= 4 is 40.7 Å². The van der Waals surface area contributed by atoms with Gasteiger partial charge in [-0.2, -0.15) is 0 Å². The van der Waals surface area contributed by atoms with Crippen LogP contribution in [0.5, 0.6) is 0 Å². The van der Waals surface area contributed by atoms with E-state index in [1.807, 2.05) is 72.8 Å². The van der Waals surface area contributed by atoms with Crippen LogP contribution in [0.4, 0.5) is 11.4 Å². The van der Waals surface area contributed by atoms with Crippen LogP contribution in [0.15, 0.2) is 73.3 Å². The third-order valence-corrected chi connectivity index (χ3v) is 4.08. The molecular weight excluding hydrogens is 325 g/mol. The van der Waals surface area contributed by atoms with Gasteiger partial charge in [-0.3, -0.25) is 0 Å². The Morgan fingerprint density at radius 3 is 2.00 bits per heavy atom. The van der Waals surface area contributed by atoms with Gasteiger partial charge in [-0.1, -0.05) is 60.1 Å². The van der Waals surface area contributed by atoms with Gasteiger partial charge < -0.3 is 5.32 Å². The van der Waals surface area contributed by atoms with Gasteiger partial charge in [0.25, 0.3) is 0 Å². The normalized spacial score (nSPS) is 10.3. The third-order valence-electron chi connectivity index (χ3n) is 3.57. The second-order valence-electron chi connectivity index (χ2n) is 5.11. The van der Waals surface area contributed by atoms with Gasteiger partial charge in [-0.25, -0.2) is 0 Å². The summed E-state index contributed by atoms with van der Waals surface area (Å²) in [5.41, 5.74) is 5.22. The first-order valence-electron chi connectivity index (χ1n) is 7.21. The fourth-order valence-corrected chi connectivity index (χ4v) is 2.72.